The monoisotopic (exact) mass is 355 g/mol. The number of amides is 1. The molecule has 2 rings (SSSR count). The summed E-state index contributed by atoms with van der Waals surface area (Å²) in [6.07, 6.45) is -4.18. The lowest BCUT2D eigenvalue weighted by molar-refractivity contribution is -0.138. The van der Waals surface area contributed by atoms with Gasteiger partial charge in [-0.3, -0.25) is 4.79 Å². The number of hydrogen-bond acceptors (Lipinski definition) is 3. The lowest BCUT2D eigenvalue weighted by Crippen LogP contribution is -2.26. The van der Waals surface area contributed by atoms with E-state index in [0.29, 0.717) is 6.42 Å². The summed E-state index contributed by atoms with van der Waals surface area (Å²) in [4.78, 5) is 23.0. The number of aryl methyl sites for hydroxylation is 1. The molecule has 1 heterocycles. The molecular formula is C17H16F3NO4. The van der Waals surface area contributed by atoms with Crippen molar-refractivity contribution in [3.8, 4) is 0 Å². The van der Waals surface area contributed by atoms with Crippen LogP contribution in [-0.2, 0) is 19.0 Å². The molecule has 0 atom stereocenters. The van der Waals surface area contributed by atoms with Gasteiger partial charge in [-0.1, -0.05) is 25.1 Å². The van der Waals surface area contributed by atoms with Crippen LogP contribution in [0.15, 0.2) is 34.7 Å². The fourth-order valence-corrected chi connectivity index (χ4v) is 2.40. The van der Waals surface area contributed by atoms with E-state index in [-0.39, 0.29) is 35.6 Å². The number of carbonyl (C=O) groups excluding carboxylic acids is 1. The largest absolute Gasteiger partial charge is 0.478 e. The molecule has 25 heavy (non-hydrogen) atoms. The third-order valence-corrected chi connectivity index (χ3v) is 3.59. The second-order valence-electron chi connectivity index (χ2n) is 5.27. The van der Waals surface area contributed by atoms with Gasteiger partial charge in [0.1, 0.15) is 11.3 Å². The zero-order valence-electron chi connectivity index (χ0n) is 13.3. The summed E-state index contributed by atoms with van der Waals surface area (Å²) < 4.78 is 43.9. The highest BCUT2D eigenvalue weighted by Gasteiger charge is 2.32. The van der Waals surface area contributed by atoms with Crippen molar-refractivity contribution in [1.82, 2.24) is 5.32 Å². The Labute approximate surface area is 141 Å². The highest BCUT2D eigenvalue weighted by atomic mass is 19.4. The van der Waals surface area contributed by atoms with Gasteiger partial charge in [0.2, 0.25) is 0 Å². The number of hydrogen-bond donors (Lipinski definition) is 2. The van der Waals surface area contributed by atoms with Gasteiger partial charge < -0.3 is 14.8 Å². The number of halogens is 3. The molecule has 0 aliphatic heterocycles. The fraction of sp³-hybridized carbons (Fsp3) is 0.294. The van der Waals surface area contributed by atoms with Crippen LogP contribution >= 0.6 is 0 Å². The molecule has 0 saturated carbocycles. The van der Waals surface area contributed by atoms with Crippen LogP contribution in [0.5, 0.6) is 0 Å². The third kappa shape index (κ3) is 4.40. The maximum absolute atomic E-state index is 12.9. The summed E-state index contributed by atoms with van der Waals surface area (Å²) in [5, 5.41) is 11.5. The Morgan fingerprint density at radius 2 is 1.92 bits per heavy atom. The van der Waals surface area contributed by atoms with Gasteiger partial charge in [-0.25, -0.2) is 4.79 Å². The standard InChI is InChI=1S/C17H16F3NO4/c1-2-13-11(16(23)24)9-14(25-13)15(22)21-8-7-10-5-3-4-6-12(10)17(18,19)20/h3-6,9H,2,7-8H2,1H3,(H,21,22)(H,23,24). The van der Waals surface area contributed by atoms with E-state index in [9.17, 15) is 22.8 Å². The quantitative estimate of drug-likeness (QED) is 0.831. The minimum absolute atomic E-state index is 0.0193. The van der Waals surface area contributed by atoms with Gasteiger partial charge in [0.25, 0.3) is 5.91 Å². The molecule has 2 N–H and O–H groups in total. The van der Waals surface area contributed by atoms with Crippen LogP contribution in [-0.4, -0.2) is 23.5 Å². The minimum atomic E-state index is -4.46. The average Bonchev–Trinajstić information content (AvgIpc) is 2.99. The molecule has 0 aliphatic rings. The third-order valence-electron chi connectivity index (χ3n) is 3.59. The Morgan fingerprint density at radius 3 is 2.48 bits per heavy atom. The minimum Gasteiger partial charge on any atom is -0.478 e. The number of rotatable bonds is 6. The molecule has 0 bridgehead atoms. The van der Waals surface area contributed by atoms with Crippen LogP contribution in [0, 0.1) is 0 Å². The molecule has 0 unspecified atom stereocenters. The van der Waals surface area contributed by atoms with E-state index in [4.69, 9.17) is 9.52 Å². The zero-order valence-corrected chi connectivity index (χ0v) is 13.3. The fourth-order valence-electron chi connectivity index (χ4n) is 2.40. The first-order chi connectivity index (χ1) is 11.7. The second kappa shape index (κ2) is 7.42. The Kier molecular flexibility index (Phi) is 5.51. The van der Waals surface area contributed by atoms with Crippen molar-refractivity contribution in [2.45, 2.75) is 25.9 Å². The molecule has 1 amide bonds. The normalized spacial score (nSPS) is 11.4. The van der Waals surface area contributed by atoms with Crippen molar-refractivity contribution in [3.63, 3.8) is 0 Å². The summed E-state index contributed by atoms with van der Waals surface area (Å²) >= 11 is 0. The van der Waals surface area contributed by atoms with Crippen LogP contribution in [0.3, 0.4) is 0 Å². The number of carbonyl (C=O) groups is 2. The van der Waals surface area contributed by atoms with Crippen LogP contribution in [0.1, 0.15) is 44.7 Å². The Balaban J connectivity index is 2.04. The van der Waals surface area contributed by atoms with Crippen LogP contribution in [0.2, 0.25) is 0 Å². The molecule has 2 aromatic rings. The molecule has 134 valence electrons. The smallest absolute Gasteiger partial charge is 0.416 e. The molecule has 1 aromatic heterocycles. The SMILES string of the molecule is CCc1oc(C(=O)NCCc2ccccc2C(F)(F)F)cc1C(=O)O. The molecule has 5 nitrogen and oxygen atoms in total. The first-order valence-electron chi connectivity index (χ1n) is 7.53. The highest BCUT2D eigenvalue weighted by molar-refractivity contribution is 5.96. The number of nitrogens with one attached hydrogen (secondary N) is 1. The average molecular weight is 355 g/mol. The van der Waals surface area contributed by atoms with Gasteiger partial charge in [0.05, 0.1) is 5.56 Å². The summed E-state index contributed by atoms with van der Waals surface area (Å²) in [5.74, 6) is -1.90. The number of carboxylic acids is 1. The van der Waals surface area contributed by atoms with Gasteiger partial charge in [0.15, 0.2) is 5.76 Å². The van der Waals surface area contributed by atoms with E-state index in [2.05, 4.69) is 5.32 Å². The lowest BCUT2D eigenvalue weighted by atomic mass is 10.0. The van der Waals surface area contributed by atoms with Crippen LogP contribution in [0.25, 0.3) is 0 Å². The number of furan rings is 1. The molecule has 0 radical (unpaired) electrons. The number of carboxylic acid groups (broad SMARTS) is 1. The van der Waals surface area contributed by atoms with Crippen molar-refractivity contribution >= 4 is 11.9 Å². The second-order valence-corrected chi connectivity index (χ2v) is 5.27. The van der Waals surface area contributed by atoms with Crippen LogP contribution in [0.4, 0.5) is 13.2 Å². The molecule has 8 heteroatoms. The van der Waals surface area contributed by atoms with Crippen molar-refractivity contribution in [2.75, 3.05) is 6.54 Å². The van der Waals surface area contributed by atoms with Crippen molar-refractivity contribution in [1.29, 1.82) is 0 Å². The zero-order chi connectivity index (χ0) is 18.6. The lowest BCUT2D eigenvalue weighted by Gasteiger charge is -2.12. The molecule has 0 aliphatic carbocycles. The maximum atomic E-state index is 12.9. The predicted molar refractivity (Wildman–Crippen MR) is 82.5 cm³/mol. The number of aromatic carboxylic acids is 1. The Bertz CT molecular complexity index is 780. The van der Waals surface area contributed by atoms with E-state index < -0.39 is 23.6 Å². The first-order valence-corrected chi connectivity index (χ1v) is 7.53. The van der Waals surface area contributed by atoms with Gasteiger partial charge in [-0.2, -0.15) is 13.2 Å². The predicted octanol–water partition coefficient (Wildman–Crippen LogP) is 3.53. The van der Waals surface area contributed by atoms with Crippen molar-refractivity contribution < 1.29 is 32.3 Å². The van der Waals surface area contributed by atoms with E-state index >= 15 is 0 Å². The summed E-state index contributed by atoms with van der Waals surface area (Å²) in [7, 11) is 0. The topological polar surface area (TPSA) is 79.5 Å². The summed E-state index contributed by atoms with van der Waals surface area (Å²) in [6, 6.07) is 6.23. The molecular weight excluding hydrogens is 339 g/mol. The van der Waals surface area contributed by atoms with Gasteiger partial charge in [0, 0.05) is 19.0 Å². The maximum Gasteiger partial charge on any atom is 0.416 e. The van der Waals surface area contributed by atoms with E-state index in [0.717, 1.165) is 12.1 Å². The first kappa shape index (κ1) is 18.6. The number of alkyl halides is 3. The van der Waals surface area contributed by atoms with Crippen molar-refractivity contribution in [2.24, 2.45) is 0 Å². The van der Waals surface area contributed by atoms with Gasteiger partial charge in [-0.15, -0.1) is 0 Å². The molecule has 0 spiro atoms. The van der Waals surface area contributed by atoms with Gasteiger partial charge in [-0.05, 0) is 18.1 Å². The Morgan fingerprint density at radius 1 is 1.24 bits per heavy atom. The van der Waals surface area contributed by atoms with Gasteiger partial charge >= 0.3 is 12.1 Å². The molecule has 0 saturated heterocycles. The summed E-state index contributed by atoms with van der Waals surface area (Å²) in [6.45, 7) is 1.64. The van der Waals surface area contributed by atoms with E-state index in [1.54, 1.807) is 6.92 Å². The number of benzene rings is 1. The molecule has 0 fully saturated rings. The highest BCUT2D eigenvalue weighted by Crippen LogP contribution is 2.31. The van der Waals surface area contributed by atoms with E-state index in [1.807, 2.05) is 0 Å². The van der Waals surface area contributed by atoms with E-state index in [1.165, 1.54) is 18.2 Å². The molecule has 1 aromatic carbocycles. The Hall–Kier alpha value is -2.77. The van der Waals surface area contributed by atoms with Crippen molar-refractivity contribution in [3.05, 3.63) is 58.5 Å². The summed E-state index contributed by atoms with van der Waals surface area (Å²) in [5.41, 5.74) is -0.783. The van der Waals surface area contributed by atoms with Crippen LogP contribution < -0.4 is 5.32 Å².